The van der Waals surface area contributed by atoms with Gasteiger partial charge in [-0.3, -0.25) is 0 Å². The van der Waals surface area contributed by atoms with Crippen molar-refractivity contribution < 1.29 is 64.1 Å². The molecular weight excluding hydrogens is 183 g/mol. The van der Waals surface area contributed by atoms with Crippen LogP contribution in [0.3, 0.4) is 0 Å². The minimum absolute atomic E-state index is 0. The van der Waals surface area contributed by atoms with Crippen LogP contribution in [0, 0.1) is 0 Å². The molecule has 0 saturated heterocycles. The van der Waals surface area contributed by atoms with Gasteiger partial charge in [-0.1, -0.05) is 0 Å². The maximum Gasteiger partial charge on any atom is 1.00 e. The molecule has 0 atom stereocenters. The molecule has 0 aliphatic rings. The largest absolute Gasteiger partial charge is 1.00 e. The topological polar surface area (TPSA) is 185 Å². The van der Waals surface area contributed by atoms with Crippen molar-refractivity contribution in [1.29, 1.82) is 0 Å². The normalized spacial score (nSPS) is 6.23. The Morgan fingerprint density at radius 3 is 0.615 bits per heavy atom. The Kier molecular flexibility index (Phi) is 32.8. The van der Waals surface area contributed by atoms with Crippen molar-refractivity contribution in [3.63, 3.8) is 0 Å². The van der Waals surface area contributed by atoms with Gasteiger partial charge in [0.25, 0.3) is 0 Å². The van der Waals surface area contributed by atoms with E-state index in [1.807, 2.05) is 0 Å². The third kappa shape index (κ3) is 7240. The second kappa shape index (κ2) is 18.3. The van der Waals surface area contributed by atoms with Gasteiger partial charge in [0.15, 0.2) is 0 Å². The van der Waals surface area contributed by atoms with Gasteiger partial charge in [-0.05, 0) is 0 Å². The molecule has 0 aromatic heterocycles. The van der Waals surface area contributed by atoms with E-state index in [1.54, 1.807) is 0 Å². The fourth-order valence-corrected chi connectivity index (χ4v) is 0. The third-order valence-corrected chi connectivity index (χ3v) is 0. The molecule has 0 rings (SSSR count). The van der Waals surface area contributed by atoms with E-state index in [0.717, 1.165) is 0 Å². The summed E-state index contributed by atoms with van der Waals surface area (Å²) in [6.07, 6.45) is 0. The van der Waals surface area contributed by atoms with Crippen molar-refractivity contribution in [2.75, 3.05) is 0 Å². The molecule has 0 aromatic rings. The molecule has 0 aliphatic carbocycles. The molecule has 0 heterocycles. The Balaban J connectivity index is -0.0000000450. The fraction of sp³-hybridized carbons (Fsp3) is 0. The smallest absolute Gasteiger partial charge is 0.832 e. The summed E-state index contributed by atoms with van der Waals surface area (Å²) >= 11 is 0. The Morgan fingerprint density at radius 2 is 0.615 bits per heavy atom. The first-order valence-electron chi connectivity index (χ1n) is 2.30. The van der Waals surface area contributed by atoms with Gasteiger partial charge in [-0.2, -0.15) is 0 Å². The zero-order valence-corrected chi connectivity index (χ0v) is 6.72. The van der Waals surface area contributed by atoms with Crippen molar-refractivity contribution in [3.05, 3.63) is 0 Å². The molecule has 13 heavy (non-hydrogen) atoms. The molecule has 13 heteroatoms. The van der Waals surface area contributed by atoms with E-state index < -0.39 is 22.0 Å². The first kappa shape index (κ1) is 23.3. The maximum atomic E-state index is 8.64. The third-order valence-electron chi connectivity index (χ3n) is 0. The monoisotopic (exact) mass is 192 g/mol. The summed E-state index contributed by atoms with van der Waals surface area (Å²) < 4.78 is 0. The SMILES string of the molecule is OB(O)O.OB(O)O.[Li+].[O-]B(O)O. The van der Waals surface area contributed by atoms with Gasteiger partial charge < -0.3 is 45.2 Å². The summed E-state index contributed by atoms with van der Waals surface area (Å²) in [6.45, 7) is 0. The molecule has 0 unspecified atom stereocenters. The second-order valence-electron chi connectivity index (χ2n) is 1.02. The average Bonchev–Trinajstić information content (AvgIpc) is 1.54. The Labute approximate surface area is 86.6 Å². The Bertz CT molecular complexity index is 43.4. The molecule has 0 amide bonds. The first-order chi connectivity index (χ1) is 5.20. The van der Waals surface area contributed by atoms with E-state index >= 15 is 0 Å². The summed E-state index contributed by atoms with van der Waals surface area (Å²) in [4.78, 5) is 0. The number of rotatable bonds is 0. The minimum Gasteiger partial charge on any atom is -0.832 e. The van der Waals surface area contributed by atoms with Crippen LogP contribution in [0.25, 0.3) is 0 Å². The number of hydrogen-bond acceptors (Lipinski definition) is 9. The van der Waals surface area contributed by atoms with Gasteiger partial charge >= 0.3 is 40.8 Å². The molecule has 0 aliphatic heterocycles. The van der Waals surface area contributed by atoms with Crippen molar-refractivity contribution in [2.45, 2.75) is 0 Å². The minimum atomic E-state index is -2.42. The molecular formula is H8B3LiO9. The number of hydrogen-bond donors (Lipinski definition) is 8. The van der Waals surface area contributed by atoms with Crippen LogP contribution < -0.4 is 23.9 Å². The van der Waals surface area contributed by atoms with Crippen LogP contribution in [0.1, 0.15) is 0 Å². The molecule has 0 spiro atoms. The van der Waals surface area contributed by atoms with Crippen LogP contribution in [0.15, 0.2) is 0 Å². The van der Waals surface area contributed by atoms with E-state index in [-0.39, 0.29) is 18.9 Å². The van der Waals surface area contributed by atoms with Gasteiger partial charge in [0.05, 0.1) is 0 Å². The quantitative estimate of drug-likeness (QED) is 0.172. The van der Waals surface area contributed by atoms with Crippen LogP contribution in [-0.4, -0.2) is 62.2 Å². The molecule has 9 nitrogen and oxygen atoms in total. The van der Waals surface area contributed by atoms with Crippen molar-refractivity contribution >= 4 is 22.0 Å². The van der Waals surface area contributed by atoms with Crippen LogP contribution >= 0.6 is 0 Å². The van der Waals surface area contributed by atoms with Gasteiger partial charge in [-0.15, -0.1) is 0 Å². The second-order valence-corrected chi connectivity index (χ2v) is 1.02. The molecule has 0 fully saturated rings. The summed E-state index contributed by atoms with van der Waals surface area (Å²) in [5, 5.41) is 65.8. The Morgan fingerprint density at radius 1 is 0.615 bits per heavy atom. The molecule has 0 saturated carbocycles. The van der Waals surface area contributed by atoms with E-state index in [2.05, 4.69) is 0 Å². The molecule has 0 aromatic carbocycles. The summed E-state index contributed by atoms with van der Waals surface area (Å²) in [6, 6.07) is 0. The molecule has 0 bridgehead atoms. The van der Waals surface area contributed by atoms with Crippen LogP contribution in [0.4, 0.5) is 0 Å². The van der Waals surface area contributed by atoms with Crippen LogP contribution in [0.2, 0.25) is 0 Å². The van der Waals surface area contributed by atoms with E-state index in [1.165, 1.54) is 0 Å². The van der Waals surface area contributed by atoms with Crippen molar-refractivity contribution in [1.82, 2.24) is 0 Å². The summed E-state index contributed by atoms with van der Waals surface area (Å²) in [5.74, 6) is 0. The van der Waals surface area contributed by atoms with Crippen molar-refractivity contribution in [3.8, 4) is 0 Å². The standard InChI is InChI=1S/2BH3O3.BH2O3.Li/c3*2-1(3)4;/h2*2-4H;2-3H;/q;;-1;+1. The van der Waals surface area contributed by atoms with E-state index in [0.29, 0.717) is 0 Å². The summed E-state index contributed by atoms with van der Waals surface area (Å²) in [5.41, 5.74) is 0. The van der Waals surface area contributed by atoms with E-state index in [9.17, 15) is 0 Å². The van der Waals surface area contributed by atoms with E-state index in [4.69, 9.17) is 45.2 Å². The zero-order valence-electron chi connectivity index (χ0n) is 6.72. The maximum absolute atomic E-state index is 8.64. The summed E-state index contributed by atoms with van der Waals surface area (Å²) in [7, 11) is -6.75. The molecule has 8 N–H and O–H groups in total. The molecule has 72 valence electrons. The fourth-order valence-electron chi connectivity index (χ4n) is 0. The van der Waals surface area contributed by atoms with Crippen LogP contribution in [0.5, 0.6) is 0 Å². The average molecular weight is 191 g/mol. The van der Waals surface area contributed by atoms with Gasteiger partial charge in [0, 0.05) is 0 Å². The molecule has 0 radical (unpaired) electrons. The first-order valence-corrected chi connectivity index (χ1v) is 2.30. The predicted molar refractivity (Wildman–Crippen MR) is 35.0 cm³/mol. The Hall–Kier alpha value is 0.432. The predicted octanol–water partition coefficient (Wildman–Crippen LogP) is -9.78. The van der Waals surface area contributed by atoms with Gasteiger partial charge in [0.2, 0.25) is 0 Å². The van der Waals surface area contributed by atoms with Gasteiger partial charge in [0.1, 0.15) is 0 Å². The van der Waals surface area contributed by atoms with Crippen LogP contribution in [-0.2, 0) is 0 Å². The van der Waals surface area contributed by atoms with Gasteiger partial charge in [-0.25, -0.2) is 0 Å². The zero-order chi connectivity index (χ0) is 10.7. The van der Waals surface area contributed by atoms with Crippen molar-refractivity contribution in [2.24, 2.45) is 0 Å².